The fourth-order valence-electron chi connectivity index (χ4n) is 2.23. The lowest BCUT2D eigenvalue weighted by Crippen LogP contribution is -2.16. The van der Waals surface area contributed by atoms with E-state index in [1.54, 1.807) is 6.07 Å². The van der Waals surface area contributed by atoms with Crippen LogP contribution in [0, 0.1) is 10.1 Å². The summed E-state index contributed by atoms with van der Waals surface area (Å²) in [5.41, 5.74) is 1.05. The number of carbonyl (C=O) groups is 2. The Labute approximate surface area is 156 Å². The van der Waals surface area contributed by atoms with Crippen molar-refractivity contribution in [3.63, 3.8) is 0 Å². The highest BCUT2D eigenvalue weighted by Gasteiger charge is 2.17. The Bertz CT molecular complexity index is 845. The first-order valence-corrected chi connectivity index (χ1v) is 8.23. The van der Waals surface area contributed by atoms with Gasteiger partial charge in [0.15, 0.2) is 5.78 Å². The number of hydrogen-bond acceptors (Lipinski definition) is 6. The van der Waals surface area contributed by atoms with Crippen LogP contribution in [-0.4, -0.2) is 29.9 Å². The molecular formula is C20H19NO6. The third-order valence-electron chi connectivity index (χ3n) is 3.56. The Morgan fingerprint density at radius 3 is 2.48 bits per heavy atom. The smallest absolute Gasteiger partial charge is 0.341 e. The van der Waals surface area contributed by atoms with Crippen molar-refractivity contribution in [1.29, 1.82) is 0 Å². The first kappa shape index (κ1) is 20.0. The fourth-order valence-corrected chi connectivity index (χ4v) is 2.23. The molecule has 0 aliphatic rings. The molecule has 0 aromatic heterocycles. The van der Waals surface area contributed by atoms with Gasteiger partial charge in [0.2, 0.25) is 0 Å². The maximum atomic E-state index is 12.1. The van der Waals surface area contributed by atoms with Gasteiger partial charge in [-0.25, -0.2) is 4.79 Å². The maximum Gasteiger partial charge on any atom is 0.341 e. The van der Waals surface area contributed by atoms with E-state index in [-0.39, 0.29) is 24.5 Å². The molecule has 0 saturated carbocycles. The number of nitro benzene ring substituents is 1. The fraction of sp³-hybridized carbons (Fsp3) is 0.200. The topological polar surface area (TPSA) is 95.7 Å². The Balaban J connectivity index is 1.91. The van der Waals surface area contributed by atoms with Crippen LogP contribution in [0.4, 0.5) is 5.69 Å². The molecule has 2 aromatic rings. The van der Waals surface area contributed by atoms with Crippen LogP contribution in [-0.2, 0) is 25.7 Å². The maximum absolute atomic E-state index is 12.1. The Hall–Kier alpha value is -3.32. The molecule has 0 bridgehead atoms. The van der Waals surface area contributed by atoms with Gasteiger partial charge in [-0.2, -0.15) is 0 Å². The lowest BCUT2D eigenvalue weighted by atomic mass is 10.1. The van der Waals surface area contributed by atoms with E-state index < -0.39 is 16.7 Å². The number of hydrogen-bond donors (Lipinski definition) is 0. The molecule has 0 fully saturated rings. The van der Waals surface area contributed by atoms with Crippen LogP contribution in [0.2, 0.25) is 0 Å². The van der Waals surface area contributed by atoms with Crippen LogP contribution in [0.15, 0.2) is 60.2 Å². The van der Waals surface area contributed by atoms with E-state index in [0.717, 1.165) is 5.56 Å². The predicted molar refractivity (Wildman–Crippen MR) is 98.8 cm³/mol. The molecule has 0 aliphatic carbocycles. The predicted octanol–water partition coefficient (Wildman–Crippen LogP) is 3.33. The summed E-state index contributed by atoms with van der Waals surface area (Å²) in [6.07, 6.45) is 1.28. The van der Waals surface area contributed by atoms with E-state index >= 15 is 0 Å². The summed E-state index contributed by atoms with van der Waals surface area (Å²) in [5, 5.41) is 10.8. The zero-order valence-electron chi connectivity index (χ0n) is 14.8. The average Bonchev–Trinajstić information content (AvgIpc) is 2.66. The van der Waals surface area contributed by atoms with Crippen LogP contribution >= 0.6 is 0 Å². The van der Waals surface area contributed by atoms with Crippen molar-refractivity contribution in [2.45, 2.75) is 13.5 Å². The number of Topliss-reactive ketones (excluding diaryl/α,β-unsaturated/α-hetero) is 1. The van der Waals surface area contributed by atoms with Gasteiger partial charge in [0, 0.05) is 12.1 Å². The molecule has 140 valence electrons. The minimum absolute atomic E-state index is 0.00871. The van der Waals surface area contributed by atoms with Crippen molar-refractivity contribution in [2.75, 3.05) is 13.2 Å². The summed E-state index contributed by atoms with van der Waals surface area (Å²) in [7, 11) is 0. The second kappa shape index (κ2) is 9.98. The number of carbonyl (C=O) groups excluding carboxylic acids is 2. The molecule has 7 heteroatoms. The molecule has 2 aromatic carbocycles. The van der Waals surface area contributed by atoms with E-state index in [1.165, 1.54) is 31.2 Å². The van der Waals surface area contributed by atoms with Gasteiger partial charge in [0.1, 0.15) is 12.2 Å². The number of ether oxygens (including phenoxy) is 2. The highest BCUT2D eigenvalue weighted by atomic mass is 16.6. The summed E-state index contributed by atoms with van der Waals surface area (Å²) in [6.45, 7) is 1.80. The van der Waals surface area contributed by atoms with Crippen molar-refractivity contribution in [1.82, 2.24) is 0 Å². The number of nitro groups is 1. The van der Waals surface area contributed by atoms with Gasteiger partial charge >= 0.3 is 5.97 Å². The summed E-state index contributed by atoms with van der Waals surface area (Å²) in [6, 6.07) is 15.2. The number of ketones is 1. The van der Waals surface area contributed by atoms with Gasteiger partial charge in [-0.15, -0.1) is 0 Å². The molecule has 0 N–H and O–H groups in total. The number of nitrogens with zero attached hydrogens (tertiary/aromatic N) is 1. The van der Waals surface area contributed by atoms with E-state index in [4.69, 9.17) is 9.47 Å². The Morgan fingerprint density at radius 1 is 1.07 bits per heavy atom. The van der Waals surface area contributed by atoms with E-state index in [2.05, 4.69) is 0 Å². The van der Waals surface area contributed by atoms with E-state index in [9.17, 15) is 19.7 Å². The van der Waals surface area contributed by atoms with Crippen LogP contribution in [0.25, 0.3) is 6.08 Å². The molecule has 0 unspecified atom stereocenters. The molecule has 7 nitrogen and oxygen atoms in total. The van der Waals surface area contributed by atoms with Crippen molar-refractivity contribution < 1.29 is 24.0 Å². The van der Waals surface area contributed by atoms with Crippen LogP contribution in [0.5, 0.6) is 0 Å². The van der Waals surface area contributed by atoms with Crippen molar-refractivity contribution in [3.8, 4) is 0 Å². The number of rotatable bonds is 9. The molecule has 0 aliphatic heterocycles. The molecule has 0 amide bonds. The SMILES string of the molecule is CC(=O)/C(=C\c1cccc([N+](=O)[O-])c1)C(=O)OCCOCc1ccccc1. The number of esters is 1. The van der Waals surface area contributed by atoms with Gasteiger partial charge in [0.05, 0.1) is 18.1 Å². The van der Waals surface area contributed by atoms with E-state index in [1.807, 2.05) is 30.3 Å². The zero-order chi connectivity index (χ0) is 19.6. The molecule has 2 rings (SSSR count). The molecule has 27 heavy (non-hydrogen) atoms. The molecule has 0 spiro atoms. The first-order chi connectivity index (χ1) is 13.0. The standard InChI is InChI=1S/C20H19NO6/c1-15(22)19(13-17-8-5-9-18(12-17)21(24)25)20(23)27-11-10-26-14-16-6-3-2-4-7-16/h2-9,12-13H,10-11,14H2,1H3/b19-13+. The first-order valence-electron chi connectivity index (χ1n) is 8.23. The monoisotopic (exact) mass is 369 g/mol. The summed E-state index contributed by atoms with van der Waals surface area (Å²) in [4.78, 5) is 34.2. The van der Waals surface area contributed by atoms with Crippen LogP contribution in [0.1, 0.15) is 18.1 Å². The number of non-ortho nitro benzene ring substituents is 1. The van der Waals surface area contributed by atoms with Crippen LogP contribution < -0.4 is 0 Å². The van der Waals surface area contributed by atoms with E-state index in [0.29, 0.717) is 12.2 Å². The van der Waals surface area contributed by atoms with Gasteiger partial charge in [0.25, 0.3) is 5.69 Å². The van der Waals surface area contributed by atoms with Crippen LogP contribution in [0.3, 0.4) is 0 Å². The van der Waals surface area contributed by atoms with Gasteiger partial charge in [-0.1, -0.05) is 42.5 Å². The van der Waals surface area contributed by atoms with Gasteiger partial charge in [-0.05, 0) is 24.1 Å². The summed E-state index contributed by atoms with van der Waals surface area (Å²) >= 11 is 0. The van der Waals surface area contributed by atoms with Crippen molar-refractivity contribution in [3.05, 3.63) is 81.4 Å². The van der Waals surface area contributed by atoms with Gasteiger partial charge in [-0.3, -0.25) is 14.9 Å². The molecule has 0 atom stereocenters. The highest BCUT2D eigenvalue weighted by Crippen LogP contribution is 2.16. The molecule has 0 heterocycles. The third-order valence-corrected chi connectivity index (χ3v) is 3.56. The molecule has 0 saturated heterocycles. The summed E-state index contributed by atoms with van der Waals surface area (Å²) in [5.74, 6) is -1.28. The lowest BCUT2D eigenvalue weighted by Gasteiger charge is -2.07. The van der Waals surface area contributed by atoms with Crippen molar-refractivity contribution in [2.24, 2.45) is 0 Å². The average molecular weight is 369 g/mol. The Kier molecular flexibility index (Phi) is 7.39. The third kappa shape index (κ3) is 6.48. The minimum atomic E-state index is -0.794. The zero-order valence-corrected chi connectivity index (χ0v) is 14.8. The van der Waals surface area contributed by atoms with Gasteiger partial charge < -0.3 is 9.47 Å². The molecule has 0 radical (unpaired) electrons. The largest absolute Gasteiger partial charge is 0.460 e. The normalized spacial score (nSPS) is 11.1. The highest BCUT2D eigenvalue weighted by molar-refractivity contribution is 6.19. The quantitative estimate of drug-likeness (QED) is 0.128. The Morgan fingerprint density at radius 2 is 1.81 bits per heavy atom. The van der Waals surface area contributed by atoms with Crippen molar-refractivity contribution >= 4 is 23.5 Å². The molecular weight excluding hydrogens is 350 g/mol. The second-order valence-electron chi connectivity index (χ2n) is 5.64. The summed E-state index contributed by atoms with van der Waals surface area (Å²) < 4.78 is 10.5. The lowest BCUT2D eigenvalue weighted by molar-refractivity contribution is -0.384. The number of benzene rings is 2. The minimum Gasteiger partial charge on any atom is -0.460 e. The second-order valence-corrected chi connectivity index (χ2v) is 5.64.